The van der Waals surface area contributed by atoms with E-state index in [1.165, 1.54) is 22.9 Å². The topological polar surface area (TPSA) is 76.5 Å². The summed E-state index contributed by atoms with van der Waals surface area (Å²) in [6.07, 6.45) is 0.0841. The minimum absolute atomic E-state index is 0.0111. The Morgan fingerprint density at radius 3 is 2.69 bits per heavy atom. The van der Waals surface area contributed by atoms with E-state index < -0.39 is 21.8 Å². The number of hydrogen-bond donors (Lipinski definition) is 1. The van der Waals surface area contributed by atoms with Crippen molar-refractivity contribution in [2.45, 2.75) is 42.7 Å². The Bertz CT molecular complexity index is 1070. The molecule has 2 fully saturated rings. The molecule has 32 heavy (non-hydrogen) atoms. The van der Waals surface area contributed by atoms with Gasteiger partial charge in [0.1, 0.15) is 0 Å². The van der Waals surface area contributed by atoms with E-state index in [1.807, 2.05) is 0 Å². The van der Waals surface area contributed by atoms with Crippen LogP contribution in [0.3, 0.4) is 0 Å². The fraction of sp³-hybridized carbons (Fsp3) is 0.550. The number of halogens is 4. The largest absolute Gasteiger partial charge is 0.416 e. The second kappa shape index (κ2) is 8.94. The molecule has 2 aliphatic heterocycles. The van der Waals surface area contributed by atoms with Crippen molar-refractivity contribution in [3.05, 3.63) is 46.9 Å². The molecule has 0 radical (unpaired) electrons. The molecule has 1 N–H and O–H groups in total. The first-order valence-electron chi connectivity index (χ1n) is 10.2. The number of rotatable bonds is 6. The fourth-order valence-corrected chi connectivity index (χ4v) is 6.00. The highest BCUT2D eigenvalue weighted by molar-refractivity contribution is 7.89. The van der Waals surface area contributed by atoms with Gasteiger partial charge >= 0.3 is 6.18 Å². The van der Waals surface area contributed by atoms with Gasteiger partial charge in [0.25, 0.3) is 10.0 Å². The van der Waals surface area contributed by atoms with Gasteiger partial charge in [0.15, 0.2) is 5.03 Å². The monoisotopic (exact) mass is 492 g/mol. The van der Waals surface area contributed by atoms with Crippen LogP contribution in [0.15, 0.2) is 35.7 Å². The summed E-state index contributed by atoms with van der Waals surface area (Å²) in [6, 6.07) is 3.00. The van der Waals surface area contributed by atoms with E-state index in [0.717, 1.165) is 25.0 Å². The van der Waals surface area contributed by atoms with Gasteiger partial charge in [-0.15, -0.1) is 0 Å². The smallest absolute Gasteiger partial charge is 0.378 e. The van der Waals surface area contributed by atoms with Gasteiger partial charge in [-0.2, -0.15) is 17.5 Å². The predicted octanol–water partition coefficient (Wildman–Crippen LogP) is 3.05. The lowest BCUT2D eigenvalue weighted by Gasteiger charge is -2.25. The summed E-state index contributed by atoms with van der Waals surface area (Å²) in [5, 5.41) is 3.30. The van der Waals surface area contributed by atoms with Crippen LogP contribution in [0, 0.1) is 5.92 Å². The first-order valence-corrected chi connectivity index (χ1v) is 12.1. The zero-order valence-electron chi connectivity index (χ0n) is 17.3. The Hall–Kier alpha value is -1.66. The molecule has 0 amide bonds. The van der Waals surface area contributed by atoms with E-state index in [2.05, 4.69) is 10.3 Å². The van der Waals surface area contributed by atoms with E-state index in [0.29, 0.717) is 12.2 Å². The molecule has 1 aromatic carbocycles. The van der Waals surface area contributed by atoms with Crippen LogP contribution in [0.25, 0.3) is 0 Å². The van der Waals surface area contributed by atoms with Gasteiger partial charge in [-0.05, 0) is 30.5 Å². The van der Waals surface area contributed by atoms with Crippen molar-refractivity contribution >= 4 is 21.6 Å². The van der Waals surface area contributed by atoms with E-state index in [1.54, 1.807) is 11.6 Å². The van der Waals surface area contributed by atoms with Crippen molar-refractivity contribution in [2.24, 2.45) is 13.0 Å². The summed E-state index contributed by atoms with van der Waals surface area (Å²) in [5.41, 5.74) is -0.297. The molecule has 176 valence electrons. The average Bonchev–Trinajstić information content (AvgIpc) is 3.46. The Kier molecular flexibility index (Phi) is 6.56. The maximum atomic E-state index is 13.1. The van der Waals surface area contributed by atoms with Crippen LogP contribution in [0.4, 0.5) is 13.2 Å². The number of hydrogen-bond acceptors (Lipinski definition) is 5. The molecule has 2 aromatic rings. The molecule has 3 atom stereocenters. The number of imidazole rings is 1. The molecule has 0 bridgehead atoms. The van der Waals surface area contributed by atoms with Crippen LogP contribution >= 0.6 is 11.6 Å². The molecule has 2 aliphatic rings. The Morgan fingerprint density at radius 2 is 2.09 bits per heavy atom. The Morgan fingerprint density at radius 1 is 1.31 bits per heavy atom. The van der Waals surface area contributed by atoms with Gasteiger partial charge in [-0.3, -0.25) is 0 Å². The fourth-order valence-electron chi connectivity index (χ4n) is 4.28. The molecule has 0 aliphatic carbocycles. The Balaban J connectivity index is 1.51. The molecule has 2 saturated heterocycles. The number of ether oxygens (including phenoxy) is 1. The summed E-state index contributed by atoms with van der Waals surface area (Å²) in [7, 11) is -2.07. The van der Waals surface area contributed by atoms with Gasteiger partial charge in [-0.25, -0.2) is 13.4 Å². The highest BCUT2D eigenvalue weighted by atomic mass is 35.5. The van der Waals surface area contributed by atoms with Crippen LogP contribution in [0.2, 0.25) is 5.02 Å². The summed E-state index contributed by atoms with van der Waals surface area (Å²) in [6.45, 7) is 1.33. The summed E-state index contributed by atoms with van der Waals surface area (Å²) in [4.78, 5) is 3.99. The van der Waals surface area contributed by atoms with Gasteiger partial charge in [0, 0.05) is 56.5 Å². The number of alkyl halides is 3. The molecular weight excluding hydrogens is 469 g/mol. The van der Waals surface area contributed by atoms with Crippen molar-refractivity contribution in [1.29, 1.82) is 0 Å². The lowest BCUT2D eigenvalue weighted by molar-refractivity contribution is -0.137. The van der Waals surface area contributed by atoms with Crippen LogP contribution in [-0.2, 0) is 34.5 Å². The second-order valence-corrected chi connectivity index (χ2v) is 10.5. The minimum Gasteiger partial charge on any atom is -0.378 e. The van der Waals surface area contributed by atoms with Gasteiger partial charge in [0.05, 0.1) is 18.0 Å². The second-order valence-electron chi connectivity index (χ2n) is 8.21. The molecule has 3 heterocycles. The number of benzene rings is 1. The first kappa shape index (κ1) is 23.5. The van der Waals surface area contributed by atoms with Crippen molar-refractivity contribution < 1.29 is 26.3 Å². The molecule has 1 aromatic heterocycles. The summed E-state index contributed by atoms with van der Waals surface area (Å²) < 4.78 is 73.6. The average molecular weight is 493 g/mol. The molecule has 7 nitrogen and oxygen atoms in total. The molecule has 1 unspecified atom stereocenters. The highest BCUT2D eigenvalue weighted by Crippen LogP contribution is 2.34. The summed E-state index contributed by atoms with van der Waals surface area (Å²) in [5.74, 6) is -0.0933. The third kappa shape index (κ3) is 4.81. The van der Waals surface area contributed by atoms with Crippen LogP contribution < -0.4 is 5.32 Å². The number of sulfonamides is 1. The standard InChI is InChI=1S/C20H24ClF3N4O3S/c1-27-11-19(26-12-27)32(29,30)28-9-15(18-3-2-6-31-18)17(10-28)25-8-13-4-5-14(7-16(13)21)20(22,23)24/h4-5,7,11-12,15,17-18,25H,2-3,6,8-10H2,1H3/t15-,17-,18?/m0/s1. The number of nitrogens with zero attached hydrogens (tertiary/aromatic N) is 3. The van der Waals surface area contributed by atoms with Crippen LogP contribution in [0.1, 0.15) is 24.0 Å². The van der Waals surface area contributed by atoms with Gasteiger partial charge < -0.3 is 14.6 Å². The lowest BCUT2D eigenvalue weighted by Crippen LogP contribution is -2.40. The van der Waals surface area contributed by atoms with E-state index in [-0.39, 0.29) is 47.7 Å². The maximum Gasteiger partial charge on any atom is 0.416 e. The van der Waals surface area contributed by atoms with Crippen LogP contribution in [0.5, 0.6) is 0 Å². The molecule has 0 saturated carbocycles. The van der Waals surface area contributed by atoms with Crippen molar-refractivity contribution in [3.8, 4) is 0 Å². The lowest BCUT2D eigenvalue weighted by atomic mass is 9.94. The van der Waals surface area contributed by atoms with Gasteiger partial charge in [0.2, 0.25) is 0 Å². The first-order chi connectivity index (χ1) is 15.1. The van der Waals surface area contributed by atoms with Gasteiger partial charge in [-0.1, -0.05) is 17.7 Å². The predicted molar refractivity (Wildman–Crippen MR) is 112 cm³/mol. The molecule has 0 spiro atoms. The number of aromatic nitrogens is 2. The van der Waals surface area contributed by atoms with E-state index >= 15 is 0 Å². The third-order valence-corrected chi connectivity index (χ3v) is 8.06. The van der Waals surface area contributed by atoms with E-state index in [9.17, 15) is 21.6 Å². The number of aryl methyl sites for hydroxylation is 1. The highest BCUT2D eigenvalue weighted by Gasteiger charge is 2.44. The zero-order valence-corrected chi connectivity index (χ0v) is 18.9. The quantitative estimate of drug-likeness (QED) is 0.670. The number of nitrogens with one attached hydrogen (secondary N) is 1. The zero-order chi connectivity index (χ0) is 23.1. The van der Waals surface area contributed by atoms with Crippen LogP contribution in [-0.4, -0.2) is 54.1 Å². The van der Waals surface area contributed by atoms with Crippen molar-refractivity contribution in [1.82, 2.24) is 19.2 Å². The summed E-state index contributed by atoms with van der Waals surface area (Å²) >= 11 is 6.09. The SMILES string of the molecule is Cn1cnc(S(=O)(=O)N2C[C@H](NCc3ccc(C(F)(F)F)cc3Cl)[C@@H](C3CCCO3)C2)c1. The molecule has 4 rings (SSSR count). The Labute approximate surface area is 189 Å². The van der Waals surface area contributed by atoms with Crippen molar-refractivity contribution in [3.63, 3.8) is 0 Å². The third-order valence-electron chi connectivity index (χ3n) is 5.99. The molecule has 12 heteroatoms. The van der Waals surface area contributed by atoms with Crippen molar-refractivity contribution in [2.75, 3.05) is 19.7 Å². The molecular formula is C20H24ClF3N4O3S. The maximum absolute atomic E-state index is 13.1. The van der Waals surface area contributed by atoms with E-state index in [4.69, 9.17) is 16.3 Å². The normalized spacial score (nSPS) is 25.0. The minimum atomic E-state index is -4.47.